The fourth-order valence-corrected chi connectivity index (χ4v) is 0.981. The minimum Gasteiger partial charge on any atom is -0.398 e. The first-order valence-corrected chi connectivity index (χ1v) is 3.62. The van der Waals surface area contributed by atoms with Gasteiger partial charge in [0.25, 0.3) is 0 Å². The van der Waals surface area contributed by atoms with Gasteiger partial charge in [0, 0.05) is 18.0 Å². The molecular formula is C8H13N3. The fourth-order valence-electron chi connectivity index (χ4n) is 0.981. The van der Waals surface area contributed by atoms with Crippen LogP contribution in [-0.4, -0.2) is 4.98 Å². The number of rotatable bonds is 1. The van der Waals surface area contributed by atoms with Gasteiger partial charge >= 0.3 is 0 Å². The van der Waals surface area contributed by atoms with Crippen LogP contribution in [0.15, 0.2) is 12.3 Å². The molecule has 0 aliphatic rings. The molecule has 0 aromatic carbocycles. The highest BCUT2D eigenvalue weighted by Crippen LogP contribution is 2.21. The van der Waals surface area contributed by atoms with Crippen LogP contribution in [0.5, 0.6) is 0 Å². The second-order valence-corrected chi connectivity index (χ2v) is 2.89. The molecule has 0 radical (unpaired) electrons. The molecule has 3 heteroatoms. The summed E-state index contributed by atoms with van der Waals surface area (Å²) in [4.78, 5) is 3.96. The predicted molar refractivity (Wildman–Crippen MR) is 47.2 cm³/mol. The van der Waals surface area contributed by atoms with Crippen molar-refractivity contribution in [2.24, 2.45) is 0 Å². The molecule has 3 nitrogen and oxygen atoms in total. The summed E-state index contributed by atoms with van der Waals surface area (Å²) in [5.74, 6) is 0.884. The van der Waals surface area contributed by atoms with Gasteiger partial charge in [-0.1, -0.05) is 13.8 Å². The molecule has 0 amide bonds. The van der Waals surface area contributed by atoms with E-state index in [1.807, 2.05) is 0 Å². The number of pyridine rings is 1. The summed E-state index contributed by atoms with van der Waals surface area (Å²) in [5, 5.41) is 0. The predicted octanol–water partition coefficient (Wildman–Crippen LogP) is 1.37. The van der Waals surface area contributed by atoms with Crippen molar-refractivity contribution in [3.63, 3.8) is 0 Å². The summed E-state index contributed by atoms with van der Waals surface area (Å²) in [5.41, 5.74) is 12.9. The second-order valence-electron chi connectivity index (χ2n) is 2.89. The van der Waals surface area contributed by atoms with E-state index in [0.29, 0.717) is 11.7 Å². The maximum atomic E-state index is 5.70. The zero-order valence-corrected chi connectivity index (χ0v) is 6.83. The van der Waals surface area contributed by atoms with Crippen molar-refractivity contribution in [1.82, 2.24) is 4.98 Å². The first-order chi connectivity index (χ1) is 5.11. The van der Waals surface area contributed by atoms with Gasteiger partial charge in [0.05, 0.1) is 0 Å². The summed E-state index contributed by atoms with van der Waals surface area (Å²) in [6, 6.07) is 1.69. The normalized spacial score (nSPS) is 10.5. The minimum absolute atomic E-state index is 0.406. The van der Waals surface area contributed by atoms with Gasteiger partial charge in [-0.25, -0.2) is 4.98 Å². The quantitative estimate of drug-likeness (QED) is 0.637. The van der Waals surface area contributed by atoms with Crippen molar-refractivity contribution in [2.45, 2.75) is 19.8 Å². The summed E-state index contributed by atoms with van der Waals surface area (Å²) < 4.78 is 0. The molecule has 4 N–H and O–H groups in total. The van der Waals surface area contributed by atoms with Crippen LogP contribution < -0.4 is 11.5 Å². The molecule has 0 spiro atoms. The Morgan fingerprint density at radius 3 is 2.45 bits per heavy atom. The third-order valence-electron chi connectivity index (χ3n) is 1.61. The highest BCUT2D eigenvalue weighted by atomic mass is 14.8. The monoisotopic (exact) mass is 151 g/mol. The lowest BCUT2D eigenvalue weighted by Gasteiger charge is -2.07. The molecule has 1 rings (SSSR count). The van der Waals surface area contributed by atoms with Gasteiger partial charge in [-0.05, 0) is 11.5 Å². The van der Waals surface area contributed by atoms with Crippen LogP contribution in [-0.2, 0) is 0 Å². The van der Waals surface area contributed by atoms with Crippen LogP contribution in [0.3, 0.4) is 0 Å². The van der Waals surface area contributed by atoms with Gasteiger partial charge in [0.15, 0.2) is 0 Å². The Hall–Kier alpha value is -1.25. The molecular weight excluding hydrogens is 138 g/mol. The number of hydrogen-bond acceptors (Lipinski definition) is 3. The number of nitrogen functional groups attached to an aromatic ring is 2. The van der Waals surface area contributed by atoms with Gasteiger partial charge in [0.1, 0.15) is 5.82 Å². The standard InChI is InChI=1S/C8H13N3/c1-5(2)6-4-11-8(10)3-7(6)9/h3-5H,1-2H3,(H4,9,10,11). The molecule has 0 fully saturated rings. The molecule has 0 bridgehead atoms. The van der Waals surface area contributed by atoms with Gasteiger partial charge in [0.2, 0.25) is 0 Å². The minimum atomic E-state index is 0.406. The molecule has 0 saturated heterocycles. The summed E-state index contributed by atoms with van der Waals surface area (Å²) in [7, 11) is 0. The second kappa shape index (κ2) is 2.78. The molecule has 11 heavy (non-hydrogen) atoms. The Labute approximate surface area is 66.4 Å². The molecule has 1 heterocycles. The van der Waals surface area contributed by atoms with Gasteiger partial charge in [-0.2, -0.15) is 0 Å². The Morgan fingerprint density at radius 1 is 1.36 bits per heavy atom. The van der Waals surface area contributed by atoms with Crippen LogP contribution in [0.25, 0.3) is 0 Å². The van der Waals surface area contributed by atoms with Gasteiger partial charge in [-0.15, -0.1) is 0 Å². The van der Waals surface area contributed by atoms with E-state index in [9.17, 15) is 0 Å². The Morgan fingerprint density at radius 2 is 2.00 bits per heavy atom. The maximum Gasteiger partial charge on any atom is 0.125 e. The van der Waals surface area contributed by atoms with Crippen molar-refractivity contribution >= 4 is 11.5 Å². The number of nitrogens with two attached hydrogens (primary N) is 2. The largest absolute Gasteiger partial charge is 0.398 e. The van der Waals surface area contributed by atoms with Crippen LogP contribution in [0, 0.1) is 0 Å². The summed E-state index contributed by atoms with van der Waals surface area (Å²) >= 11 is 0. The SMILES string of the molecule is CC(C)c1cnc(N)cc1N. The molecule has 0 saturated carbocycles. The van der Waals surface area contributed by atoms with Gasteiger partial charge < -0.3 is 11.5 Å². The highest BCUT2D eigenvalue weighted by molar-refractivity contribution is 5.53. The first-order valence-electron chi connectivity index (χ1n) is 3.62. The average Bonchev–Trinajstić information content (AvgIpc) is 1.85. The molecule has 0 atom stereocenters. The number of hydrogen-bond donors (Lipinski definition) is 2. The maximum absolute atomic E-state index is 5.70. The zero-order valence-electron chi connectivity index (χ0n) is 6.83. The highest BCUT2D eigenvalue weighted by Gasteiger charge is 2.03. The average molecular weight is 151 g/mol. The van der Waals surface area contributed by atoms with Crippen LogP contribution in [0.4, 0.5) is 11.5 Å². The van der Waals surface area contributed by atoms with E-state index in [0.717, 1.165) is 11.3 Å². The lowest BCUT2D eigenvalue weighted by atomic mass is 10.0. The van der Waals surface area contributed by atoms with Gasteiger partial charge in [-0.3, -0.25) is 0 Å². The van der Waals surface area contributed by atoms with Crippen molar-refractivity contribution in [3.05, 3.63) is 17.8 Å². The number of anilines is 2. The van der Waals surface area contributed by atoms with Crippen molar-refractivity contribution in [3.8, 4) is 0 Å². The summed E-state index contributed by atoms with van der Waals surface area (Å²) in [6.45, 7) is 4.15. The fraction of sp³-hybridized carbons (Fsp3) is 0.375. The van der Waals surface area contributed by atoms with Crippen LogP contribution in [0.1, 0.15) is 25.3 Å². The zero-order chi connectivity index (χ0) is 8.43. The smallest absolute Gasteiger partial charge is 0.125 e. The van der Waals surface area contributed by atoms with Crippen molar-refractivity contribution < 1.29 is 0 Å². The molecule has 0 aliphatic heterocycles. The number of nitrogens with zero attached hydrogens (tertiary/aromatic N) is 1. The molecule has 60 valence electrons. The first kappa shape index (κ1) is 7.85. The van der Waals surface area contributed by atoms with E-state index in [2.05, 4.69) is 18.8 Å². The molecule has 0 unspecified atom stereocenters. The lowest BCUT2D eigenvalue weighted by molar-refractivity contribution is 0.862. The topological polar surface area (TPSA) is 64.9 Å². The summed E-state index contributed by atoms with van der Waals surface area (Å²) in [6.07, 6.45) is 1.73. The Kier molecular flexibility index (Phi) is 1.98. The van der Waals surface area contributed by atoms with E-state index >= 15 is 0 Å². The van der Waals surface area contributed by atoms with E-state index in [4.69, 9.17) is 11.5 Å². The Balaban J connectivity index is 3.09. The van der Waals surface area contributed by atoms with Crippen molar-refractivity contribution in [2.75, 3.05) is 11.5 Å². The van der Waals surface area contributed by atoms with E-state index < -0.39 is 0 Å². The lowest BCUT2D eigenvalue weighted by Crippen LogP contribution is -2.00. The Bertz CT molecular complexity index is 256. The number of aromatic nitrogens is 1. The van der Waals surface area contributed by atoms with E-state index in [1.54, 1.807) is 12.3 Å². The third kappa shape index (κ3) is 1.61. The third-order valence-corrected chi connectivity index (χ3v) is 1.61. The van der Waals surface area contributed by atoms with Crippen LogP contribution >= 0.6 is 0 Å². The molecule has 1 aromatic rings. The molecule has 1 aromatic heterocycles. The van der Waals surface area contributed by atoms with E-state index in [-0.39, 0.29) is 0 Å². The van der Waals surface area contributed by atoms with Crippen LogP contribution in [0.2, 0.25) is 0 Å². The molecule has 0 aliphatic carbocycles. The van der Waals surface area contributed by atoms with E-state index in [1.165, 1.54) is 0 Å². The van der Waals surface area contributed by atoms with Crippen molar-refractivity contribution in [1.29, 1.82) is 0 Å².